The molecule has 0 saturated carbocycles. The van der Waals surface area contributed by atoms with Crippen molar-refractivity contribution in [2.45, 2.75) is 32.6 Å². The highest BCUT2D eigenvalue weighted by Gasteiger charge is 2.14. The zero-order valence-corrected chi connectivity index (χ0v) is 14.6. The topological polar surface area (TPSA) is 69.6 Å². The van der Waals surface area contributed by atoms with Crippen LogP contribution in [0.1, 0.15) is 42.1 Å². The first kappa shape index (κ1) is 17.3. The molecule has 0 aliphatic rings. The number of hydrogen-bond acceptors (Lipinski definition) is 3. The number of nitrogens with one attached hydrogen (secondary N) is 1. The number of phenols is 2. The smallest absolute Gasteiger partial charge is 0.255 e. The first-order chi connectivity index (χ1) is 11.0. The fourth-order valence-electron chi connectivity index (χ4n) is 2.31. The molecule has 0 unspecified atom stereocenters. The molecule has 1 amide bonds. The minimum absolute atomic E-state index is 0.0390. The third kappa shape index (κ3) is 4.73. The number of aryl methyl sites for hydroxylation is 1. The van der Waals surface area contributed by atoms with Crippen molar-refractivity contribution in [1.29, 1.82) is 0 Å². The number of rotatable bonds is 6. The number of hydrogen-bond donors (Lipinski definition) is 3. The van der Waals surface area contributed by atoms with E-state index in [0.717, 1.165) is 35.7 Å². The minimum atomic E-state index is -0.387. The van der Waals surface area contributed by atoms with E-state index in [2.05, 4.69) is 28.2 Å². The molecule has 2 rings (SSSR count). The molecule has 0 fully saturated rings. The van der Waals surface area contributed by atoms with Gasteiger partial charge in [0.15, 0.2) is 0 Å². The van der Waals surface area contributed by atoms with Crippen LogP contribution < -0.4 is 5.32 Å². The largest absolute Gasteiger partial charge is 0.506 e. The lowest BCUT2D eigenvalue weighted by atomic mass is 10.1. The number of unbranched alkanes of at least 4 members (excludes halogenated alkanes) is 2. The number of phenolic OH excluding ortho intramolecular Hbond substituents is 2. The highest BCUT2D eigenvalue weighted by atomic mass is 79.9. The molecule has 2 aromatic carbocycles. The summed E-state index contributed by atoms with van der Waals surface area (Å²) >= 11 is 3.31. The van der Waals surface area contributed by atoms with Crippen molar-refractivity contribution < 1.29 is 15.0 Å². The van der Waals surface area contributed by atoms with Gasteiger partial charge in [-0.05, 0) is 54.8 Å². The van der Waals surface area contributed by atoms with Gasteiger partial charge in [-0.3, -0.25) is 4.79 Å². The molecule has 0 spiro atoms. The minimum Gasteiger partial charge on any atom is -0.506 e. The molecule has 0 saturated heterocycles. The quantitative estimate of drug-likeness (QED) is 0.497. The standard InChI is InChI=1S/C18H20BrNO3/c1-2-3-4-5-12-10-15(21)17(16(22)11-12)20-18(23)13-6-8-14(19)9-7-13/h6-11,21-22H,2-5H2,1H3,(H,20,23). The fourth-order valence-corrected chi connectivity index (χ4v) is 2.57. The highest BCUT2D eigenvalue weighted by Crippen LogP contribution is 2.35. The third-order valence-corrected chi connectivity index (χ3v) is 4.10. The Bertz CT molecular complexity index is 660. The average molecular weight is 378 g/mol. The summed E-state index contributed by atoms with van der Waals surface area (Å²) in [5.74, 6) is -0.634. The normalized spacial score (nSPS) is 10.5. The van der Waals surface area contributed by atoms with Crippen LogP contribution in [0.15, 0.2) is 40.9 Å². The second-order valence-electron chi connectivity index (χ2n) is 5.43. The molecule has 2 aromatic rings. The van der Waals surface area contributed by atoms with Gasteiger partial charge in [-0.1, -0.05) is 35.7 Å². The van der Waals surface area contributed by atoms with Crippen LogP contribution in [-0.4, -0.2) is 16.1 Å². The van der Waals surface area contributed by atoms with E-state index < -0.39 is 0 Å². The molecule has 4 nitrogen and oxygen atoms in total. The van der Waals surface area contributed by atoms with Gasteiger partial charge in [-0.2, -0.15) is 0 Å². The SMILES string of the molecule is CCCCCc1cc(O)c(NC(=O)c2ccc(Br)cc2)c(O)c1. The highest BCUT2D eigenvalue weighted by molar-refractivity contribution is 9.10. The molecule has 0 aromatic heterocycles. The molecular weight excluding hydrogens is 358 g/mol. The summed E-state index contributed by atoms with van der Waals surface area (Å²) in [7, 11) is 0. The summed E-state index contributed by atoms with van der Waals surface area (Å²) in [5, 5.41) is 22.7. The molecule has 122 valence electrons. The van der Waals surface area contributed by atoms with Gasteiger partial charge >= 0.3 is 0 Å². The van der Waals surface area contributed by atoms with Gasteiger partial charge in [0.05, 0.1) is 0 Å². The van der Waals surface area contributed by atoms with E-state index in [0.29, 0.717) is 5.56 Å². The van der Waals surface area contributed by atoms with Crippen LogP contribution in [-0.2, 0) is 6.42 Å². The van der Waals surface area contributed by atoms with Crippen LogP contribution in [0.25, 0.3) is 0 Å². The summed E-state index contributed by atoms with van der Waals surface area (Å²) in [5.41, 5.74) is 1.34. The van der Waals surface area contributed by atoms with Crippen molar-refractivity contribution in [1.82, 2.24) is 0 Å². The van der Waals surface area contributed by atoms with Gasteiger partial charge in [0, 0.05) is 10.0 Å². The number of anilines is 1. The van der Waals surface area contributed by atoms with E-state index in [1.165, 1.54) is 0 Å². The maximum atomic E-state index is 12.2. The molecule has 0 radical (unpaired) electrons. The second-order valence-corrected chi connectivity index (χ2v) is 6.34. The van der Waals surface area contributed by atoms with Crippen LogP contribution in [0.4, 0.5) is 5.69 Å². The fraction of sp³-hybridized carbons (Fsp3) is 0.278. The summed E-state index contributed by atoms with van der Waals surface area (Å²) in [6.45, 7) is 2.12. The van der Waals surface area contributed by atoms with E-state index in [4.69, 9.17) is 0 Å². The Hall–Kier alpha value is -2.01. The number of aromatic hydroxyl groups is 2. The molecular formula is C18H20BrNO3. The van der Waals surface area contributed by atoms with Gasteiger partial charge in [0.2, 0.25) is 0 Å². The number of halogens is 1. The van der Waals surface area contributed by atoms with Gasteiger partial charge < -0.3 is 15.5 Å². The van der Waals surface area contributed by atoms with Crippen molar-refractivity contribution in [2.75, 3.05) is 5.32 Å². The summed E-state index contributed by atoms with van der Waals surface area (Å²) in [4.78, 5) is 12.2. The Kier molecular flexibility index (Phi) is 6.04. The zero-order valence-electron chi connectivity index (χ0n) is 13.0. The number of carbonyl (C=O) groups is 1. The summed E-state index contributed by atoms with van der Waals surface area (Å²) in [6.07, 6.45) is 4.00. The Morgan fingerprint density at radius 1 is 1.09 bits per heavy atom. The molecule has 5 heteroatoms. The lowest BCUT2D eigenvalue weighted by Gasteiger charge is -2.12. The maximum absolute atomic E-state index is 12.2. The van der Waals surface area contributed by atoms with Gasteiger partial charge in [0.25, 0.3) is 5.91 Å². The molecule has 23 heavy (non-hydrogen) atoms. The average Bonchev–Trinajstić information content (AvgIpc) is 2.51. The first-order valence-corrected chi connectivity index (χ1v) is 8.42. The molecule has 3 N–H and O–H groups in total. The number of amides is 1. The van der Waals surface area contributed by atoms with E-state index in [1.807, 2.05) is 0 Å². The lowest BCUT2D eigenvalue weighted by molar-refractivity contribution is 0.102. The first-order valence-electron chi connectivity index (χ1n) is 7.63. The third-order valence-electron chi connectivity index (χ3n) is 3.57. The Balaban J connectivity index is 2.13. The molecule has 0 atom stereocenters. The van der Waals surface area contributed by atoms with Crippen LogP contribution in [0.2, 0.25) is 0 Å². The van der Waals surface area contributed by atoms with E-state index in [-0.39, 0.29) is 23.1 Å². The molecule has 0 bridgehead atoms. The van der Waals surface area contributed by atoms with Gasteiger partial charge in [-0.15, -0.1) is 0 Å². The zero-order chi connectivity index (χ0) is 16.8. The lowest BCUT2D eigenvalue weighted by Crippen LogP contribution is -2.12. The van der Waals surface area contributed by atoms with Crippen molar-refractivity contribution in [3.05, 3.63) is 52.0 Å². The van der Waals surface area contributed by atoms with Crippen molar-refractivity contribution in [2.24, 2.45) is 0 Å². The summed E-state index contributed by atoms with van der Waals surface area (Å²) in [6, 6.07) is 10.0. The number of carbonyl (C=O) groups excluding carboxylic acids is 1. The monoisotopic (exact) mass is 377 g/mol. The molecule has 0 aliphatic heterocycles. The van der Waals surface area contributed by atoms with E-state index in [9.17, 15) is 15.0 Å². The van der Waals surface area contributed by atoms with E-state index in [1.54, 1.807) is 36.4 Å². The summed E-state index contributed by atoms with van der Waals surface area (Å²) < 4.78 is 0.871. The predicted octanol–water partition coefficient (Wildman–Crippen LogP) is 4.85. The van der Waals surface area contributed by atoms with Crippen molar-refractivity contribution in [3.8, 4) is 11.5 Å². The second kappa shape index (κ2) is 8.02. The predicted molar refractivity (Wildman–Crippen MR) is 95.1 cm³/mol. The Morgan fingerprint density at radius 3 is 2.26 bits per heavy atom. The maximum Gasteiger partial charge on any atom is 0.255 e. The van der Waals surface area contributed by atoms with Crippen molar-refractivity contribution >= 4 is 27.5 Å². The van der Waals surface area contributed by atoms with Crippen molar-refractivity contribution in [3.63, 3.8) is 0 Å². The number of benzene rings is 2. The Labute approximate surface area is 144 Å². The molecule has 0 aliphatic carbocycles. The van der Waals surface area contributed by atoms with Crippen LogP contribution in [0.5, 0.6) is 11.5 Å². The van der Waals surface area contributed by atoms with Gasteiger partial charge in [0.1, 0.15) is 17.2 Å². The van der Waals surface area contributed by atoms with Gasteiger partial charge in [-0.25, -0.2) is 0 Å². The Morgan fingerprint density at radius 2 is 1.70 bits per heavy atom. The molecule has 0 heterocycles. The van der Waals surface area contributed by atoms with Crippen LogP contribution in [0.3, 0.4) is 0 Å². The van der Waals surface area contributed by atoms with Crippen LogP contribution in [0, 0.1) is 0 Å². The van der Waals surface area contributed by atoms with Crippen LogP contribution >= 0.6 is 15.9 Å². The van der Waals surface area contributed by atoms with E-state index >= 15 is 0 Å².